The zero-order valence-electron chi connectivity index (χ0n) is 25.0. The summed E-state index contributed by atoms with van der Waals surface area (Å²) in [7, 11) is 0. The molecule has 2 aliphatic heterocycles. The predicted molar refractivity (Wildman–Crippen MR) is 191 cm³/mol. The fourth-order valence-corrected chi connectivity index (χ4v) is 8.55. The number of aliphatic hydroxyl groups excluding tert-OH is 2. The number of aliphatic hydroxyl groups is 2. The Labute approximate surface area is 284 Å². The summed E-state index contributed by atoms with van der Waals surface area (Å²) in [5.41, 5.74) is 11.4. The number of benzene rings is 2. The van der Waals surface area contributed by atoms with Crippen LogP contribution in [0.25, 0.3) is 21.8 Å². The van der Waals surface area contributed by atoms with Crippen LogP contribution >= 0.6 is 43.5 Å². The quantitative estimate of drug-likeness (QED) is 0.170. The summed E-state index contributed by atoms with van der Waals surface area (Å²) in [6.07, 6.45) is 13.1. The molecule has 236 valence electrons. The second kappa shape index (κ2) is 13.7. The lowest BCUT2D eigenvalue weighted by Gasteiger charge is -2.25. The number of rotatable bonds is 3. The van der Waals surface area contributed by atoms with Gasteiger partial charge in [-0.15, -0.1) is 0 Å². The SMILES string of the molecule is ClC1=Nc2cnc3ccc(Br)cc3c2C12CCCC2.NCCO.OCCN=C1Nc2cnc3ccc(Br)cc3c2C12CCCC2. The van der Waals surface area contributed by atoms with E-state index in [0.29, 0.717) is 13.1 Å². The molecule has 8 nitrogen and oxygen atoms in total. The highest BCUT2D eigenvalue weighted by Gasteiger charge is 2.48. The lowest BCUT2D eigenvalue weighted by molar-refractivity contribution is 0.306. The fourth-order valence-electron chi connectivity index (χ4n) is 7.45. The number of hydrogen-bond acceptors (Lipinski definition) is 7. The molecule has 2 saturated carbocycles. The lowest BCUT2D eigenvalue weighted by atomic mass is 9.78. The Kier molecular flexibility index (Phi) is 9.90. The van der Waals surface area contributed by atoms with Crippen LogP contribution in [0.2, 0.25) is 0 Å². The van der Waals surface area contributed by atoms with Gasteiger partial charge in [0.15, 0.2) is 0 Å². The van der Waals surface area contributed by atoms with E-state index in [0.717, 1.165) is 68.0 Å². The van der Waals surface area contributed by atoms with Gasteiger partial charge in [0.05, 0.1) is 65.4 Å². The van der Waals surface area contributed by atoms with E-state index in [2.05, 4.69) is 81.4 Å². The minimum atomic E-state index is -0.0428. The molecule has 2 aromatic heterocycles. The van der Waals surface area contributed by atoms with Crippen LogP contribution in [0.1, 0.15) is 62.5 Å². The minimum Gasteiger partial charge on any atom is -0.395 e. The molecular weight excluding hydrogens is 720 g/mol. The Bertz CT molecular complexity index is 1780. The van der Waals surface area contributed by atoms with E-state index < -0.39 is 0 Å². The van der Waals surface area contributed by atoms with Gasteiger partial charge in [0, 0.05) is 37.4 Å². The maximum atomic E-state index is 9.13. The highest BCUT2D eigenvalue weighted by molar-refractivity contribution is 9.10. The first-order chi connectivity index (χ1) is 21.9. The van der Waals surface area contributed by atoms with E-state index in [1.54, 1.807) is 0 Å². The second-order valence-electron chi connectivity index (χ2n) is 12.0. The topological polar surface area (TPSA) is 129 Å². The van der Waals surface area contributed by atoms with Crippen LogP contribution < -0.4 is 11.1 Å². The summed E-state index contributed by atoms with van der Waals surface area (Å²) >= 11 is 13.6. The molecular formula is C34H37Br2ClN6O2. The Morgan fingerprint density at radius 3 is 1.96 bits per heavy atom. The first kappa shape index (κ1) is 32.5. The molecule has 0 radical (unpaired) electrons. The van der Waals surface area contributed by atoms with Crippen molar-refractivity contribution >= 4 is 87.6 Å². The molecule has 2 fully saturated rings. The summed E-state index contributed by atoms with van der Waals surface area (Å²) in [6.45, 7) is 1.01. The Morgan fingerprint density at radius 2 is 1.38 bits per heavy atom. The van der Waals surface area contributed by atoms with Crippen molar-refractivity contribution < 1.29 is 10.2 Å². The van der Waals surface area contributed by atoms with Crippen LogP contribution in [0.4, 0.5) is 11.4 Å². The first-order valence-electron chi connectivity index (χ1n) is 15.5. The van der Waals surface area contributed by atoms with Gasteiger partial charge in [0.1, 0.15) is 11.0 Å². The molecule has 0 saturated heterocycles. The zero-order valence-corrected chi connectivity index (χ0v) is 28.9. The molecule has 2 aromatic carbocycles. The number of nitrogens with two attached hydrogens (primary N) is 1. The maximum Gasteiger partial charge on any atom is 0.117 e. The minimum absolute atomic E-state index is 0.0213. The average Bonchev–Trinajstić information content (AvgIpc) is 3.85. The maximum absolute atomic E-state index is 9.13. The van der Waals surface area contributed by atoms with E-state index in [1.165, 1.54) is 47.6 Å². The van der Waals surface area contributed by atoms with Gasteiger partial charge in [0.25, 0.3) is 0 Å². The third kappa shape index (κ3) is 5.94. The fraction of sp³-hybridized carbons (Fsp3) is 0.412. The van der Waals surface area contributed by atoms with Crippen molar-refractivity contribution in [2.24, 2.45) is 15.7 Å². The van der Waals surface area contributed by atoms with Gasteiger partial charge >= 0.3 is 0 Å². The molecule has 5 N–H and O–H groups in total. The van der Waals surface area contributed by atoms with E-state index in [4.69, 9.17) is 27.5 Å². The molecule has 8 rings (SSSR count). The third-order valence-electron chi connectivity index (χ3n) is 9.33. The van der Waals surface area contributed by atoms with Crippen LogP contribution in [0.15, 0.2) is 67.7 Å². The standard InChI is InChI=1S/C17H18BrN3O.C15H12BrClN2.C2H7NO/c18-11-3-4-13-12(9-11)15-14(10-20-13)21-16(19-7-8-22)17(15)5-1-2-6-17;16-9-3-4-11-10(7-9)13-12(8-18-11)19-14(17)15(13)5-1-2-6-15;3-1-2-4/h3-4,9-10,22H,1-2,5-8H2,(H,19,21);3-4,7-8H,1-2,5-6H2;4H,1-3H2. The van der Waals surface area contributed by atoms with Gasteiger partial charge in [-0.25, -0.2) is 4.99 Å². The number of amidine groups is 1. The van der Waals surface area contributed by atoms with Gasteiger partial charge < -0.3 is 21.3 Å². The number of halogens is 3. The monoisotopic (exact) mass is 754 g/mol. The molecule has 11 heteroatoms. The van der Waals surface area contributed by atoms with Crippen molar-refractivity contribution in [3.05, 3.63) is 68.9 Å². The van der Waals surface area contributed by atoms with Crippen molar-refractivity contribution in [2.75, 3.05) is 31.6 Å². The van der Waals surface area contributed by atoms with Crippen LogP contribution in [-0.2, 0) is 10.8 Å². The van der Waals surface area contributed by atoms with Crippen molar-refractivity contribution in [1.82, 2.24) is 9.97 Å². The average molecular weight is 757 g/mol. The Balaban J connectivity index is 0.000000143. The van der Waals surface area contributed by atoms with Crippen LogP contribution in [-0.4, -0.2) is 57.5 Å². The van der Waals surface area contributed by atoms with Crippen molar-refractivity contribution in [3.8, 4) is 0 Å². The van der Waals surface area contributed by atoms with E-state index in [1.807, 2.05) is 24.5 Å². The number of aliphatic imine (C=N–C) groups is 2. The highest BCUT2D eigenvalue weighted by atomic mass is 79.9. The summed E-state index contributed by atoms with van der Waals surface area (Å²) in [4.78, 5) is 18.3. The van der Waals surface area contributed by atoms with E-state index in [9.17, 15) is 0 Å². The number of nitrogens with zero attached hydrogens (tertiary/aromatic N) is 4. The molecule has 4 aromatic rings. The highest BCUT2D eigenvalue weighted by Crippen LogP contribution is 2.54. The largest absolute Gasteiger partial charge is 0.395 e. The van der Waals surface area contributed by atoms with Gasteiger partial charge in [-0.2, -0.15) is 0 Å². The first-order valence-corrected chi connectivity index (χ1v) is 17.5. The third-order valence-corrected chi connectivity index (χ3v) is 10.8. The molecule has 0 unspecified atom stereocenters. The molecule has 0 bridgehead atoms. The summed E-state index contributed by atoms with van der Waals surface area (Å²) in [6, 6.07) is 12.5. The summed E-state index contributed by atoms with van der Waals surface area (Å²) < 4.78 is 2.15. The number of fused-ring (bicyclic) bond motifs is 8. The van der Waals surface area contributed by atoms with Crippen molar-refractivity contribution in [2.45, 2.75) is 62.2 Å². The van der Waals surface area contributed by atoms with Gasteiger partial charge in [-0.3, -0.25) is 15.0 Å². The zero-order chi connectivity index (χ0) is 31.6. The normalized spacial score (nSPS) is 19.2. The Hall–Kier alpha value is -2.47. The lowest BCUT2D eigenvalue weighted by Crippen LogP contribution is -2.32. The van der Waals surface area contributed by atoms with Crippen molar-refractivity contribution in [1.29, 1.82) is 0 Å². The van der Waals surface area contributed by atoms with Crippen molar-refractivity contribution in [3.63, 3.8) is 0 Å². The van der Waals surface area contributed by atoms with E-state index >= 15 is 0 Å². The summed E-state index contributed by atoms with van der Waals surface area (Å²) in [5, 5.41) is 23.5. The molecule has 0 amide bonds. The Morgan fingerprint density at radius 1 is 0.822 bits per heavy atom. The van der Waals surface area contributed by atoms with Gasteiger partial charge in [-0.05, 0) is 62.1 Å². The van der Waals surface area contributed by atoms with Crippen LogP contribution in [0, 0.1) is 0 Å². The van der Waals surface area contributed by atoms with Crippen LogP contribution in [0.3, 0.4) is 0 Å². The number of aromatic nitrogens is 2. The second-order valence-corrected chi connectivity index (χ2v) is 14.1. The van der Waals surface area contributed by atoms with E-state index in [-0.39, 0.29) is 24.0 Å². The summed E-state index contributed by atoms with van der Waals surface area (Å²) in [5.74, 6) is 1.02. The molecule has 2 spiro atoms. The predicted octanol–water partition coefficient (Wildman–Crippen LogP) is 7.65. The number of nitrogens with one attached hydrogen (secondary N) is 1. The van der Waals surface area contributed by atoms with Gasteiger partial charge in [-0.1, -0.05) is 69.1 Å². The molecule has 2 aliphatic carbocycles. The molecule has 45 heavy (non-hydrogen) atoms. The number of pyridine rings is 2. The number of hydrogen-bond donors (Lipinski definition) is 4. The number of anilines is 1. The molecule has 4 heterocycles. The molecule has 0 atom stereocenters. The smallest absolute Gasteiger partial charge is 0.117 e. The van der Waals surface area contributed by atoms with Gasteiger partial charge in [0.2, 0.25) is 0 Å². The van der Waals surface area contributed by atoms with Crippen LogP contribution in [0.5, 0.6) is 0 Å². The molecule has 4 aliphatic rings.